The van der Waals surface area contributed by atoms with Gasteiger partial charge in [-0.1, -0.05) is 42.0 Å². The summed E-state index contributed by atoms with van der Waals surface area (Å²) in [5, 5.41) is 2.99. The second kappa shape index (κ2) is 9.84. The highest BCUT2D eigenvalue weighted by Crippen LogP contribution is 2.30. The second-order valence-corrected chi connectivity index (χ2v) is 8.30. The molecule has 0 spiro atoms. The fourth-order valence-corrected chi connectivity index (χ4v) is 4.18. The lowest BCUT2D eigenvalue weighted by atomic mass is 9.91. The highest BCUT2D eigenvalue weighted by atomic mass is 32.2. The molecule has 0 radical (unpaired) electrons. The van der Waals surface area contributed by atoms with E-state index in [-0.39, 0.29) is 5.91 Å². The van der Waals surface area contributed by atoms with E-state index in [2.05, 4.69) is 42.6 Å². The number of carbonyl (C=O) groups excluding carboxylic acids is 1. The van der Waals surface area contributed by atoms with Crippen molar-refractivity contribution in [2.45, 2.75) is 51.4 Å². The molecule has 2 aromatic rings. The highest BCUT2D eigenvalue weighted by Gasteiger charge is 2.19. The minimum absolute atomic E-state index is 0.0423. The maximum atomic E-state index is 12.3. The predicted molar refractivity (Wildman–Crippen MR) is 114 cm³/mol. The van der Waals surface area contributed by atoms with Crippen molar-refractivity contribution >= 4 is 17.7 Å². The van der Waals surface area contributed by atoms with Crippen LogP contribution < -0.4 is 10.1 Å². The summed E-state index contributed by atoms with van der Waals surface area (Å²) in [6.45, 7) is 4.59. The zero-order valence-corrected chi connectivity index (χ0v) is 17.1. The van der Waals surface area contributed by atoms with Crippen molar-refractivity contribution in [2.75, 3.05) is 12.3 Å². The number of ether oxygens (including phenoxy) is 1. The molecule has 0 saturated heterocycles. The summed E-state index contributed by atoms with van der Waals surface area (Å²) in [7, 11) is 0. The van der Waals surface area contributed by atoms with Gasteiger partial charge >= 0.3 is 0 Å². The average Bonchev–Trinajstić information content (AvgIpc) is 2.69. The molecule has 2 aromatic carbocycles. The molecule has 144 valence electrons. The smallest absolute Gasteiger partial charge is 0.260 e. The van der Waals surface area contributed by atoms with E-state index in [1.54, 1.807) is 0 Å². The van der Waals surface area contributed by atoms with Gasteiger partial charge in [-0.25, -0.2) is 0 Å². The van der Waals surface area contributed by atoms with Gasteiger partial charge in [0.05, 0.1) is 0 Å². The molecule has 0 saturated carbocycles. The van der Waals surface area contributed by atoms with Crippen LogP contribution in [0.15, 0.2) is 42.5 Å². The quantitative estimate of drug-likeness (QED) is 0.672. The van der Waals surface area contributed by atoms with Crippen molar-refractivity contribution in [3.63, 3.8) is 0 Å². The summed E-state index contributed by atoms with van der Waals surface area (Å²) >= 11 is 1.83. The number of carbonyl (C=O) groups is 1. The third kappa shape index (κ3) is 5.77. The van der Waals surface area contributed by atoms with Gasteiger partial charge in [0, 0.05) is 18.1 Å². The lowest BCUT2D eigenvalue weighted by Crippen LogP contribution is -2.37. The molecule has 1 aliphatic rings. The van der Waals surface area contributed by atoms with Crippen LogP contribution in [0.3, 0.4) is 0 Å². The van der Waals surface area contributed by atoms with E-state index in [0.29, 0.717) is 6.54 Å². The summed E-state index contributed by atoms with van der Waals surface area (Å²) in [4.78, 5) is 12.3. The third-order valence-electron chi connectivity index (χ3n) is 4.96. The number of thioether (sulfide) groups is 1. The first-order valence-electron chi connectivity index (χ1n) is 9.82. The Kier molecular flexibility index (Phi) is 7.22. The molecule has 0 aliphatic heterocycles. The zero-order valence-electron chi connectivity index (χ0n) is 16.3. The van der Waals surface area contributed by atoms with Crippen molar-refractivity contribution in [3.8, 4) is 5.75 Å². The first-order valence-corrected chi connectivity index (χ1v) is 11.0. The number of fused-ring (bicyclic) bond motifs is 1. The summed E-state index contributed by atoms with van der Waals surface area (Å²) in [6, 6.07) is 14.8. The largest absolute Gasteiger partial charge is 0.481 e. The molecule has 1 aliphatic carbocycles. The molecule has 1 atom stereocenters. The van der Waals surface area contributed by atoms with Crippen LogP contribution in [0.2, 0.25) is 0 Å². The van der Waals surface area contributed by atoms with Crippen molar-refractivity contribution in [1.29, 1.82) is 0 Å². The van der Waals surface area contributed by atoms with Crippen molar-refractivity contribution in [2.24, 2.45) is 0 Å². The van der Waals surface area contributed by atoms with Gasteiger partial charge < -0.3 is 10.1 Å². The van der Waals surface area contributed by atoms with Gasteiger partial charge in [0.1, 0.15) is 5.75 Å². The Balaban J connectivity index is 1.40. The van der Waals surface area contributed by atoms with Crippen LogP contribution in [0.5, 0.6) is 5.75 Å². The van der Waals surface area contributed by atoms with E-state index in [4.69, 9.17) is 4.74 Å². The Morgan fingerprint density at radius 1 is 1.15 bits per heavy atom. The van der Waals surface area contributed by atoms with Crippen LogP contribution in [-0.2, 0) is 23.4 Å². The molecule has 0 fully saturated rings. The number of benzene rings is 2. The lowest BCUT2D eigenvalue weighted by molar-refractivity contribution is -0.127. The zero-order chi connectivity index (χ0) is 19.1. The number of rotatable bonds is 8. The predicted octanol–water partition coefficient (Wildman–Crippen LogP) is 4.69. The molecule has 0 heterocycles. The molecular weight excluding hydrogens is 354 g/mol. The first kappa shape index (κ1) is 19.8. The minimum Gasteiger partial charge on any atom is -0.481 e. The first-order chi connectivity index (χ1) is 13.1. The summed E-state index contributed by atoms with van der Waals surface area (Å²) in [5.74, 6) is 2.70. The number of amides is 1. The fourth-order valence-electron chi connectivity index (χ4n) is 3.37. The maximum Gasteiger partial charge on any atom is 0.260 e. The number of nitrogens with one attached hydrogen (secondary N) is 1. The number of aryl methyl sites for hydroxylation is 2. The van der Waals surface area contributed by atoms with Gasteiger partial charge in [-0.15, -0.1) is 0 Å². The van der Waals surface area contributed by atoms with E-state index in [1.165, 1.54) is 35.1 Å². The van der Waals surface area contributed by atoms with Crippen LogP contribution in [0, 0.1) is 6.92 Å². The third-order valence-corrected chi connectivity index (χ3v) is 5.99. The van der Waals surface area contributed by atoms with Crippen molar-refractivity contribution < 1.29 is 9.53 Å². The van der Waals surface area contributed by atoms with Crippen LogP contribution in [-0.4, -0.2) is 24.3 Å². The molecule has 1 amide bonds. The molecule has 0 aromatic heterocycles. The number of hydrogen-bond acceptors (Lipinski definition) is 3. The Hall–Kier alpha value is -1.94. The van der Waals surface area contributed by atoms with Crippen LogP contribution in [0.25, 0.3) is 0 Å². The maximum absolute atomic E-state index is 12.3. The molecule has 1 N–H and O–H groups in total. The Labute approximate surface area is 166 Å². The van der Waals surface area contributed by atoms with E-state index in [1.807, 2.05) is 30.8 Å². The SMILES string of the molecule is Cc1ccc(CSCCNC(=O)[C@H](C)Oc2cccc3c2CCCC3)cc1. The summed E-state index contributed by atoms with van der Waals surface area (Å²) < 4.78 is 5.99. The Bertz CT molecular complexity index is 757. The highest BCUT2D eigenvalue weighted by molar-refractivity contribution is 7.98. The summed E-state index contributed by atoms with van der Waals surface area (Å²) in [6.07, 6.45) is 4.14. The average molecular weight is 384 g/mol. The summed E-state index contributed by atoms with van der Waals surface area (Å²) in [5.41, 5.74) is 5.27. The minimum atomic E-state index is -0.472. The van der Waals surface area contributed by atoms with E-state index >= 15 is 0 Å². The molecule has 0 unspecified atom stereocenters. The van der Waals surface area contributed by atoms with Gasteiger partial charge in [0.2, 0.25) is 0 Å². The topological polar surface area (TPSA) is 38.3 Å². The van der Waals surface area contributed by atoms with E-state index in [0.717, 1.165) is 30.1 Å². The lowest BCUT2D eigenvalue weighted by Gasteiger charge is -2.22. The molecule has 0 bridgehead atoms. The monoisotopic (exact) mass is 383 g/mol. The molecule has 4 heteroatoms. The van der Waals surface area contributed by atoms with Crippen molar-refractivity contribution in [1.82, 2.24) is 5.32 Å². The van der Waals surface area contributed by atoms with Crippen LogP contribution in [0.1, 0.15) is 42.0 Å². The van der Waals surface area contributed by atoms with Gasteiger partial charge in [-0.3, -0.25) is 4.79 Å². The van der Waals surface area contributed by atoms with Crippen LogP contribution in [0.4, 0.5) is 0 Å². The van der Waals surface area contributed by atoms with E-state index in [9.17, 15) is 4.79 Å². The van der Waals surface area contributed by atoms with Gasteiger partial charge in [0.15, 0.2) is 6.10 Å². The second-order valence-electron chi connectivity index (χ2n) is 7.19. The van der Waals surface area contributed by atoms with Crippen LogP contribution >= 0.6 is 11.8 Å². The molecule has 3 nitrogen and oxygen atoms in total. The van der Waals surface area contributed by atoms with Crippen molar-refractivity contribution in [3.05, 3.63) is 64.7 Å². The molecule has 27 heavy (non-hydrogen) atoms. The normalized spacial score (nSPS) is 14.3. The fraction of sp³-hybridized carbons (Fsp3) is 0.435. The van der Waals surface area contributed by atoms with Gasteiger partial charge in [-0.2, -0.15) is 11.8 Å². The molecule has 3 rings (SSSR count). The van der Waals surface area contributed by atoms with Gasteiger partial charge in [-0.05, 0) is 62.3 Å². The Morgan fingerprint density at radius 2 is 1.93 bits per heavy atom. The Morgan fingerprint density at radius 3 is 2.74 bits per heavy atom. The standard InChI is InChI=1S/C23H29NO2S/c1-17-10-12-19(13-11-17)16-27-15-14-24-23(25)18(2)26-22-9-5-7-20-6-3-4-8-21(20)22/h5,7,9-13,18H,3-4,6,8,14-16H2,1-2H3,(H,24,25)/t18-/m0/s1. The van der Waals surface area contributed by atoms with Gasteiger partial charge in [0.25, 0.3) is 5.91 Å². The molecular formula is C23H29NO2S. The number of hydrogen-bond donors (Lipinski definition) is 1. The van der Waals surface area contributed by atoms with E-state index < -0.39 is 6.10 Å².